The fourth-order valence-electron chi connectivity index (χ4n) is 2.93. The van der Waals surface area contributed by atoms with Crippen LogP contribution in [0.25, 0.3) is 0 Å². The van der Waals surface area contributed by atoms with Crippen LogP contribution in [0, 0.1) is 6.92 Å². The third-order valence-corrected chi connectivity index (χ3v) is 4.37. The Hall–Kier alpha value is -1.27. The monoisotopic (exact) mass is 256 g/mol. The van der Waals surface area contributed by atoms with E-state index in [2.05, 4.69) is 49.4 Å². The van der Waals surface area contributed by atoms with Gasteiger partial charge in [-0.15, -0.1) is 0 Å². The number of benzene rings is 2. The lowest BCUT2D eigenvalue weighted by molar-refractivity contribution is 0.616. The molecule has 0 fully saturated rings. The molecule has 0 saturated heterocycles. The van der Waals surface area contributed by atoms with E-state index in [0.29, 0.717) is 5.92 Å². The Morgan fingerprint density at radius 2 is 1.94 bits per heavy atom. The average molecular weight is 257 g/mol. The standard InChI is InChI=1S/C17H17Cl/c1-12-9-10-14(11-17(12)18)16-8-4-6-13-5-2-3-7-15(13)16/h2-3,5,7,9-11,16H,4,6,8H2,1H3. The van der Waals surface area contributed by atoms with Crippen LogP contribution in [0.4, 0.5) is 0 Å². The molecule has 1 aliphatic rings. The van der Waals surface area contributed by atoms with Crippen LogP contribution in [-0.4, -0.2) is 0 Å². The molecule has 1 aliphatic carbocycles. The highest BCUT2D eigenvalue weighted by Crippen LogP contribution is 2.37. The number of aryl methyl sites for hydroxylation is 2. The van der Waals surface area contributed by atoms with Crippen molar-refractivity contribution in [3.63, 3.8) is 0 Å². The van der Waals surface area contributed by atoms with Gasteiger partial charge in [0.2, 0.25) is 0 Å². The summed E-state index contributed by atoms with van der Waals surface area (Å²) >= 11 is 6.26. The highest BCUT2D eigenvalue weighted by Gasteiger charge is 2.21. The molecule has 1 unspecified atom stereocenters. The molecule has 1 atom stereocenters. The van der Waals surface area contributed by atoms with Crippen LogP contribution in [0.1, 0.15) is 41.0 Å². The van der Waals surface area contributed by atoms with Gasteiger partial charge in [0.15, 0.2) is 0 Å². The lowest BCUT2D eigenvalue weighted by Crippen LogP contribution is -2.10. The molecule has 1 heteroatoms. The van der Waals surface area contributed by atoms with Crippen molar-refractivity contribution in [1.29, 1.82) is 0 Å². The third kappa shape index (κ3) is 2.06. The van der Waals surface area contributed by atoms with Crippen LogP contribution in [0.15, 0.2) is 42.5 Å². The predicted octanol–water partition coefficient (Wildman–Crippen LogP) is 5.12. The van der Waals surface area contributed by atoms with E-state index in [4.69, 9.17) is 11.6 Å². The van der Waals surface area contributed by atoms with E-state index in [1.165, 1.54) is 36.0 Å². The topological polar surface area (TPSA) is 0 Å². The summed E-state index contributed by atoms with van der Waals surface area (Å²) in [6.45, 7) is 2.06. The van der Waals surface area contributed by atoms with Crippen molar-refractivity contribution in [1.82, 2.24) is 0 Å². The lowest BCUT2D eigenvalue weighted by atomic mass is 9.79. The van der Waals surface area contributed by atoms with E-state index in [0.717, 1.165) is 10.6 Å². The van der Waals surface area contributed by atoms with Crippen molar-refractivity contribution in [2.45, 2.75) is 32.1 Å². The molecule has 0 spiro atoms. The van der Waals surface area contributed by atoms with Crippen LogP contribution in [0.2, 0.25) is 5.02 Å². The average Bonchev–Trinajstić information content (AvgIpc) is 2.41. The Morgan fingerprint density at radius 1 is 1.11 bits per heavy atom. The molecule has 0 radical (unpaired) electrons. The SMILES string of the molecule is Cc1ccc(C2CCCc3ccccc32)cc1Cl. The zero-order valence-electron chi connectivity index (χ0n) is 10.6. The molecule has 0 saturated carbocycles. The van der Waals surface area contributed by atoms with Gasteiger partial charge in [0.05, 0.1) is 0 Å². The van der Waals surface area contributed by atoms with Gasteiger partial charge in [-0.25, -0.2) is 0 Å². The first-order valence-corrected chi connectivity index (χ1v) is 6.97. The van der Waals surface area contributed by atoms with Crippen molar-refractivity contribution in [2.24, 2.45) is 0 Å². The maximum absolute atomic E-state index is 6.26. The first-order valence-electron chi connectivity index (χ1n) is 6.59. The summed E-state index contributed by atoms with van der Waals surface area (Å²) in [5.41, 5.74) is 5.51. The Bertz CT molecular complexity index is 572. The molecule has 2 aromatic carbocycles. The van der Waals surface area contributed by atoms with Crippen molar-refractivity contribution >= 4 is 11.6 Å². The summed E-state index contributed by atoms with van der Waals surface area (Å²) in [6.07, 6.45) is 3.72. The summed E-state index contributed by atoms with van der Waals surface area (Å²) in [6, 6.07) is 15.3. The maximum Gasteiger partial charge on any atom is 0.0438 e. The van der Waals surface area contributed by atoms with E-state index in [9.17, 15) is 0 Å². The molecule has 18 heavy (non-hydrogen) atoms. The summed E-state index contributed by atoms with van der Waals surface area (Å²) in [4.78, 5) is 0. The van der Waals surface area contributed by atoms with E-state index in [1.54, 1.807) is 0 Å². The number of fused-ring (bicyclic) bond motifs is 1. The zero-order chi connectivity index (χ0) is 12.5. The molecule has 0 aliphatic heterocycles. The van der Waals surface area contributed by atoms with Crippen molar-refractivity contribution in [2.75, 3.05) is 0 Å². The zero-order valence-corrected chi connectivity index (χ0v) is 11.4. The number of hydrogen-bond donors (Lipinski definition) is 0. The summed E-state index contributed by atoms with van der Waals surface area (Å²) in [7, 11) is 0. The molecule has 3 rings (SSSR count). The first kappa shape index (κ1) is 11.8. The minimum Gasteiger partial charge on any atom is -0.0840 e. The second kappa shape index (κ2) is 4.78. The second-order valence-electron chi connectivity index (χ2n) is 5.15. The van der Waals surface area contributed by atoms with Gasteiger partial charge >= 0.3 is 0 Å². The fourth-order valence-corrected chi connectivity index (χ4v) is 3.12. The maximum atomic E-state index is 6.26. The van der Waals surface area contributed by atoms with Crippen LogP contribution < -0.4 is 0 Å². The summed E-state index contributed by atoms with van der Waals surface area (Å²) in [5.74, 6) is 0.521. The van der Waals surface area contributed by atoms with E-state index < -0.39 is 0 Å². The van der Waals surface area contributed by atoms with Crippen molar-refractivity contribution in [3.8, 4) is 0 Å². The van der Waals surface area contributed by atoms with Gasteiger partial charge in [0.25, 0.3) is 0 Å². The molecular weight excluding hydrogens is 240 g/mol. The van der Waals surface area contributed by atoms with Gasteiger partial charge in [-0.3, -0.25) is 0 Å². The van der Waals surface area contributed by atoms with Crippen LogP contribution >= 0.6 is 11.6 Å². The van der Waals surface area contributed by atoms with Gasteiger partial charge in [-0.2, -0.15) is 0 Å². The Morgan fingerprint density at radius 3 is 2.78 bits per heavy atom. The van der Waals surface area contributed by atoms with E-state index in [1.807, 2.05) is 0 Å². The van der Waals surface area contributed by atoms with Gasteiger partial charge in [-0.05, 0) is 54.5 Å². The van der Waals surface area contributed by atoms with E-state index in [-0.39, 0.29) is 0 Å². The minimum absolute atomic E-state index is 0.521. The quantitative estimate of drug-likeness (QED) is 0.665. The van der Waals surface area contributed by atoms with Gasteiger partial charge in [0.1, 0.15) is 0 Å². The highest BCUT2D eigenvalue weighted by molar-refractivity contribution is 6.31. The highest BCUT2D eigenvalue weighted by atomic mass is 35.5. The number of hydrogen-bond acceptors (Lipinski definition) is 0. The van der Waals surface area contributed by atoms with Gasteiger partial charge in [0, 0.05) is 10.9 Å². The normalized spacial score (nSPS) is 18.4. The van der Waals surface area contributed by atoms with Crippen LogP contribution in [0.5, 0.6) is 0 Å². The third-order valence-electron chi connectivity index (χ3n) is 3.97. The predicted molar refractivity (Wildman–Crippen MR) is 77.4 cm³/mol. The largest absolute Gasteiger partial charge is 0.0840 e. The number of halogens is 1. The summed E-state index contributed by atoms with van der Waals surface area (Å²) < 4.78 is 0. The molecule has 0 heterocycles. The molecule has 0 N–H and O–H groups in total. The van der Waals surface area contributed by atoms with Crippen LogP contribution in [0.3, 0.4) is 0 Å². The van der Waals surface area contributed by atoms with Crippen LogP contribution in [-0.2, 0) is 6.42 Å². The summed E-state index contributed by atoms with van der Waals surface area (Å²) in [5, 5.41) is 0.885. The molecular formula is C17H17Cl. The van der Waals surface area contributed by atoms with Crippen molar-refractivity contribution < 1.29 is 0 Å². The first-order chi connectivity index (χ1) is 8.75. The Kier molecular flexibility index (Phi) is 3.13. The molecule has 0 aromatic heterocycles. The van der Waals surface area contributed by atoms with E-state index >= 15 is 0 Å². The Labute approximate surface area is 114 Å². The second-order valence-corrected chi connectivity index (χ2v) is 5.56. The number of rotatable bonds is 1. The lowest BCUT2D eigenvalue weighted by Gasteiger charge is -2.26. The smallest absolute Gasteiger partial charge is 0.0438 e. The molecule has 0 amide bonds. The fraction of sp³-hybridized carbons (Fsp3) is 0.294. The molecule has 2 aromatic rings. The minimum atomic E-state index is 0.521. The molecule has 92 valence electrons. The molecule has 0 nitrogen and oxygen atoms in total. The van der Waals surface area contributed by atoms with Gasteiger partial charge in [-0.1, -0.05) is 48.0 Å². The molecule has 0 bridgehead atoms. The Balaban J connectivity index is 2.05. The van der Waals surface area contributed by atoms with Gasteiger partial charge < -0.3 is 0 Å². The van der Waals surface area contributed by atoms with Crippen molar-refractivity contribution in [3.05, 3.63) is 69.7 Å².